The topological polar surface area (TPSA) is 79.8 Å². The number of aromatic nitrogens is 2. The summed E-state index contributed by atoms with van der Waals surface area (Å²) in [6.07, 6.45) is 6.46. The molecule has 152 valence electrons. The number of carbonyl (C=O) groups is 1. The number of amides is 1. The Kier molecular flexibility index (Phi) is 5.56. The van der Waals surface area contributed by atoms with E-state index in [0.717, 1.165) is 17.3 Å². The number of pyridine rings is 1. The van der Waals surface area contributed by atoms with Crippen molar-refractivity contribution in [3.05, 3.63) is 81.5 Å². The summed E-state index contributed by atoms with van der Waals surface area (Å²) in [5, 5.41) is 3.15. The van der Waals surface area contributed by atoms with Gasteiger partial charge in [0.2, 0.25) is 0 Å². The molecular weight excluding hydrogens is 420 g/mol. The number of carbonyl (C=O) groups excluding carboxylic acids is 1. The van der Waals surface area contributed by atoms with Crippen molar-refractivity contribution < 1.29 is 9.21 Å². The predicted octanol–water partition coefficient (Wildman–Crippen LogP) is 3.60. The maximum Gasteiger partial charge on any atom is 0.267 e. The van der Waals surface area contributed by atoms with Gasteiger partial charge in [0.05, 0.1) is 23.3 Å². The summed E-state index contributed by atoms with van der Waals surface area (Å²) < 4.78 is 7.26. The van der Waals surface area contributed by atoms with Crippen LogP contribution < -0.4 is 10.9 Å². The molecule has 0 saturated carbocycles. The lowest BCUT2D eigenvalue weighted by molar-refractivity contribution is -0.121. The van der Waals surface area contributed by atoms with Crippen molar-refractivity contribution in [3.63, 3.8) is 0 Å². The Bertz CT molecular complexity index is 1250. The van der Waals surface area contributed by atoms with Gasteiger partial charge in [-0.15, -0.1) is 6.58 Å². The fourth-order valence-corrected chi connectivity index (χ4v) is 4.28. The first kappa shape index (κ1) is 20.1. The van der Waals surface area contributed by atoms with Crippen molar-refractivity contribution in [2.75, 3.05) is 11.9 Å². The monoisotopic (exact) mass is 438 g/mol. The number of fused-ring (bicyclic) bond motifs is 1. The van der Waals surface area contributed by atoms with Crippen LogP contribution in [-0.2, 0) is 11.3 Å². The van der Waals surface area contributed by atoms with Gasteiger partial charge in [-0.05, 0) is 36.8 Å². The molecule has 4 heterocycles. The summed E-state index contributed by atoms with van der Waals surface area (Å²) in [4.78, 5) is 32.4. The lowest BCUT2D eigenvalue weighted by Gasteiger charge is -2.11. The Morgan fingerprint density at radius 2 is 2.17 bits per heavy atom. The van der Waals surface area contributed by atoms with Crippen molar-refractivity contribution >= 4 is 51.7 Å². The summed E-state index contributed by atoms with van der Waals surface area (Å²) in [5.41, 5.74) is 1.43. The molecule has 1 amide bonds. The Morgan fingerprint density at radius 3 is 2.90 bits per heavy atom. The third kappa shape index (κ3) is 3.81. The van der Waals surface area contributed by atoms with Gasteiger partial charge >= 0.3 is 0 Å². The molecule has 0 aliphatic carbocycles. The smallest absolute Gasteiger partial charge is 0.267 e. The van der Waals surface area contributed by atoms with Gasteiger partial charge in [0.15, 0.2) is 0 Å². The molecule has 9 heteroatoms. The van der Waals surface area contributed by atoms with E-state index >= 15 is 0 Å². The molecule has 0 atom stereocenters. The minimum atomic E-state index is -0.278. The first-order chi connectivity index (χ1) is 14.5. The summed E-state index contributed by atoms with van der Waals surface area (Å²) in [5.74, 6) is 0.814. The van der Waals surface area contributed by atoms with Crippen LogP contribution in [0.3, 0.4) is 0 Å². The lowest BCUT2D eigenvalue weighted by atomic mass is 10.2. The highest BCUT2D eigenvalue weighted by molar-refractivity contribution is 8.26. The highest BCUT2D eigenvalue weighted by Crippen LogP contribution is 2.33. The SMILES string of the molecule is C=CCN1C(=O)/C(=C/c2c(NCc3ccco3)nc3ccc(C)cn3c2=O)SC1=S. The van der Waals surface area contributed by atoms with Gasteiger partial charge < -0.3 is 9.73 Å². The van der Waals surface area contributed by atoms with Crippen LogP contribution in [0.1, 0.15) is 16.9 Å². The molecular formula is C21H18N4O3S2. The number of thioether (sulfide) groups is 1. The number of rotatable bonds is 6. The van der Waals surface area contributed by atoms with E-state index in [4.69, 9.17) is 16.6 Å². The van der Waals surface area contributed by atoms with Crippen molar-refractivity contribution in [1.29, 1.82) is 0 Å². The standard InChI is InChI=1S/C21H18N4O3S2/c1-3-8-24-20(27)16(30-21(24)29)10-15-18(22-11-14-5-4-9-28-14)23-17-7-6-13(2)12-25(17)19(15)26/h3-7,9-10,12,22H,1,8,11H2,2H3/b16-10-. The van der Waals surface area contributed by atoms with Gasteiger partial charge in [0, 0.05) is 12.7 Å². The number of nitrogens with zero attached hydrogens (tertiary/aromatic N) is 3. The molecule has 1 saturated heterocycles. The van der Waals surface area contributed by atoms with Crippen molar-refractivity contribution in [2.24, 2.45) is 0 Å². The van der Waals surface area contributed by atoms with E-state index in [1.54, 1.807) is 36.7 Å². The van der Waals surface area contributed by atoms with Gasteiger partial charge in [-0.1, -0.05) is 36.1 Å². The van der Waals surface area contributed by atoms with Crippen LogP contribution in [0.5, 0.6) is 0 Å². The van der Waals surface area contributed by atoms with Crippen molar-refractivity contribution in [3.8, 4) is 0 Å². The second-order valence-corrected chi connectivity index (χ2v) is 8.30. The molecule has 4 rings (SSSR count). The minimum Gasteiger partial charge on any atom is -0.467 e. The normalized spacial score (nSPS) is 15.4. The molecule has 7 nitrogen and oxygen atoms in total. The van der Waals surface area contributed by atoms with Gasteiger partial charge in [-0.3, -0.25) is 18.9 Å². The first-order valence-electron chi connectivity index (χ1n) is 9.13. The Hall–Kier alpha value is -3.17. The number of hydrogen-bond donors (Lipinski definition) is 1. The summed E-state index contributed by atoms with van der Waals surface area (Å²) in [6, 6.07) is 7.28. The summed E-state index contributed by atoms with van der Waals surface area (Å²) in [6.45, 7) is 6.22. The minimum absolute atomic E-state index is 0.254. The zero-order chi connectivity index (χ0) is 21.3. The van der Waals surface area contributed by atoms with Crippen LogP contribution in [-0.4, -0.2) is 31.1 Å². The Morgan fingerprint density at radius 1 is 1.33 bits per heavy atom. The number of anilines is 1. The molecule has 0 radical (unpaired) electrons. The fraction of sp³-hybridized carbons (Fsp3) is 0.143. The highest BCUT2D eigenvalue weighted by atomic mass is 32.2. The fourth-order valence-electron chi connectivity index (χ4n) is 3.03. The molecule has 1 aliphatic rings. The van der Waals surface area contributed by atoms with E-state index in [-0.39, 0.29) is 17.0 Å². The molecule has 1 N–H and O–H groups in total. The van der Waals surface area contributed by atoms with Crippen LogP contribution in [0, 0.1) is 6.92 Å². The maximum atomic E-state index is 13.3. The maximum absolute atomic E-state index is 13.3. The highest BCUT2D eigenvalue weighted by Gasteiger charge is 2.31. The largest absolute Gasteiger partial charge is 0.467 e. The van der Waals surface area contributed by atoms with Crippen LogP contribution in [0.4, 0.5) is 5.82 Å². The second kappa shape index (κ2) is 8.29. The summed E-state index contributed by atoms with van der Waals surface area (Å²) in [7, 11) is 0. The molecule has 0 bridgehead atoms. The predicted molar refractivity (Wildman–Crippen MR) is 122 cm³/mol. The van der Waals surface area contributed by atoms with E-state index in [1.807, 2.05) is 19.1 Å². The summed E-state index contributed by atoms with van der Waals surface area (Å²) >= 11 is 6.45. The average molecular weight is 439 g/mol. The van der Waals surface area contributed by atoms with Crippen molar-refractivity contribution in [2.45, 2.75) is 13.5 Å². The lowest BCUT2D eigenvalue weighted by Crippen LogP contribution is -2.28. The van der Waals surface area contributed by atoms with Gasteiger partial charge in [-0.25, -0.2) is 4.98 Å². The molecule has 3 aromatic rings. The van der Waals surface area contributed by atoms with Gasteiger partial charge in [0.25, 0.3) is 11.5 Å². The van der Waals surface area contributed by atoms with Crippen LogP contribution in [0.15, 0.2) is 63.5 Å². The van der Waals surface area contributed by atoms with Crippen LogP contribution in [0.25, 0.3) is 11.7 Å². The zero-order valence-electron chi connectivity index (χ0n) is 16.1. The van der Waals surface area contributed by atoms with Crippen LogP contribution >= 0.6 is 24.0 Å². The Balaban J connectivity index is 1.82. The average Bonchev–Trinajstić information content (AvgIpc) is 3.33. The third-order valence-corrected chi connectivity index (χ3v) is 5.85. The third-order valence-electron chi connectivity index (χ3n) is 4.48. The number of hydrogen-bond acceptors (Lipinski definition) is 7. The first-order valence-corrected chi connectivity index (χ1v) is 10.4. The molecule has 1 fully saturated rings. The molecule has 1 aliphatic heterocycles. The van der Waals surface area contributed by atoms with E-state index in [0.29, 0.717) is 39.5 Å². The number of thiocarbonyl (C=S) groups is 1. The molecule has 3 aromatic heterocycles. The van der Waals surface area contributed by atoms with Crippen LogP contribution in [0.2, 0.25) is 0 Å². The second-order valence-electron chi connectivity index (χ2n) is 6.63. The number of furan rings is 1. The van der Waals surface area contributed by atoms with Gasteiger partial charge in [0.1, 0.15) is 21.5 Å². The quantitative estimate of drug-likeness (QED) is 0.358. The van der Waals surface area contributed by atoms with E-state index in [9.17, 15) is 9.59 Å². The molecule has 0 unspecified atom stereocenters. The Labute approximate surface area is 182 Å². The van der Waals surface area contributed by atoms with Gasteiger partial charge in [-0.2, -0.15) is 0 Å². The molecule has 0 aromatic carbocycles. The van der Waals surface area contributed by atoms with E-state index in [1.165, 1.54) is 9.30 Å². The van der Waals surface area contributed by atoms with Crippen molar-refractivity contribution in [1.82, 2.24) is 14.3 Å². The molecule has 0 spiro atoms. The molecule has 30 heavy (non-hydrogen) atoms. The number of nitrogens with one attached hydrogen (secondary N) is 1. The number of aryl methyl sites for hydroxylation is 1. The zero-order valence-corrected chi connectivity index (χ0v) is 17.8. The van der Waals surface area contributed by atoms with E-state index < -0.39 is 0 Å². The van der Waals surface area contributed by atoms with E-state index in [2.05, 4.69) is 16.9 Å².